The monoisotopic (exact) mass is 288 g/mol. The number of hydrogen-bond acceptors (Lipinski definition) is 5. The van der Waals surface area contributed by atoms with Crippen molar-refractivity contribution in [3.63, 3.8) is 0 Å². The summed E-state index contributed by atoms with van der Waals surface area (Å²) in [6.45, 7) is 0. The highest BCUT2D eigenvalue weighted by Gasteiger charge is 2.47. The Balaban J connectivity index is 1.56. The summed E-state index contributed by atoms with van der Waals surface area (Å²) in [6.07, 6.45) is 6.70. The Morgan fingerprint density at radius 1 is 1.40 bits per heavy atom. The second-order valence-electron chi connectivity index (χ2n) is 5.65. The van der Waals surface area contributed by atoms with Crippen molar-refractivity contribution in [2.45, 2.75) is 31.3 Å². The molecule has 0 aliphatic carbocycles. The van der Waals surface area contributed by atoms with Crippen LogP contribution in [0.15, 0.2) is 17.8 Å². The zero-order valence-corrected chi connectivity index (χ0v) is 12.1. The minimum absolute atomic E-state index is 0.116. The quantitative estimate of drug-likeness (QED) is 0.919. The van der Waals surface area contributed by atoms with Crippen molar-refractivity contribution in [3.8, 4) is 0 Å². The van der Waals surface area contributed by atoms with Crippen LogP contribution in [0.5, 0.6) is 0 Å². The summed E-state index contributed by atoms with van der Waals surface area (Å²) in [4.78, 5) is 24.3. The van der Waals surface area contributed by atoms with E-state index in [0.29, 0.717) is 12.1 Å². The topological polar surface area (TPSA) is 58.1 Å². The van der Waals surface area contributed by atoms with Gasteiger partial charge in [0.1, 0.15) is 10.3 Å². The van der Waals surface area contributed by atoms with Crippen LogP contribution in [-0.4, -0.2) is 39.9 Å². The van der Waals surface area contributed by atoms with Crippen LogP contribution < -0.4 is 5.32 Å². The summed E-state index contributed by atoms with van der Waals surface area (Å²) in [5.41, 5.74) is 1.59. The van der Waals surface area contributed by atoms with Gasteiger partial charge in [0.05, 0.1) is 11.6 Å². The molecule has 2 aromatic heterocycles. The molecule has 0 aromatic carbocycles. The fourth-order valence-electron chi connectivity index (χ4n) is 3.62. The maximum atomic E-state index is 12.5. The first-order chi connectivity index (χ1) is 9.74. The lowest BCUT2D eigenvalue weighted by Gasteiger charge is -2.20. The molecule has 2 bridgehead atoms. The van der Waals surface area contributed by atoms with Gasteiger partial charge in [0.15, 0.2) is 0 Å². The van der Waals surface area contributed by atoms with E-state index in [1.165, 1.54) is 17.8 Å². The van der Waals surface area contributed by atoms with E-state index in [0.717, 1.165) is 28.9 Å². The van der Waals surface area contributed by atoms with Crippen molar-refractivity contribution >= 4 is 33.3 Å². The van der Waals surface area contributed by atoms with Gasteiger partial charge in [-0.25, -0.2) is 9.97 Å². The Kier molecular flexibility index (Phi) is 2.75. The third kappa shape index (κ3) is 1.75. The van der Waals surface area contributed by atoms with Crippen molar-refractivity contribution < 1.29 is 4.79 Å². The van der Waals surface area contributed by atoms with Crippen molar-refractivity contribution in [2.75, 3.05) is 12.4 Å². The predicted molar refractivity (Wildman–Crippen MR) is 78.7 cm³/mol. The Morgan fingerprint density at radius 3 is 3.00 bits per heavy atom. The summed E-state index contributed by atoms with van der Waals surface area (Å²) in [6, 6.07) is 1.01. The maximum Gasteiger partial charge on any atom is 0.229 e. The Hall–Kier alpha value is -1.53. The van der Waals surface area contributed by atoms with Crippen LogP contribution in [0.1, 0.15) is 19.3 Å². The average molecular weight is 288 g/mol. The van der Waals surface area contributed by atoms with E-state index >= 15 is 0 Å². The molecule has 6 heteroatoms. The standard InChI is InChI=1S/C14H16N4OS/c1-18-8-2-3-11(18)9(6-8)13(19)17-10-7-20-14-12(10)15-4-5-16-14/h4-5,7-9,11H,2-3,6H2,1H3,(H,17,19)/t8-,9-,11+/m0/s1. The van der Waals surface area contributed by atoms with E-state index in [4.69, 9.17) is 0 Å². The lowest BCUT2D eigenvalue weighted by atomic mass is 9.88. The molecule has 2 aliphatic heterocycles. The smallest absolute Gasteiger partial charge is 0.229 e. The minimum atomic E-state index is 0.116. The second kappa shape index (κ2) is 4.49. The number of amides is 1. The SMILES string of the molecule is CN1[C@H]2CC[C@@H]1[C@@H](C(=O)Nc1csc3nccnc13)C2. The fraction of sp³-hybridized carbons (Fsp3) is 0.500. The number of rotatable bonds is 2. The van der Waals surface area contributed by atoms with E-state index in [-0.39, 0.29) is 11.8 Å². The zero-order valence-electron chi connectivity index (χ0n) is 11.2. The first-order valence-electron chi connectivity index (χ1n) is 6.95. The van der Waals surface area contributed by atoms with E-state index < -0.39 is 0 Å². The molecule has 2 aromatic rings. The van der Waals surface area contributed by atoms with Gasteiger partial charge < -0.3 is 5.32 Å². The summed E-state index contributed by atoms with van der Waals surface area (Å²) in [5, 5.41) is 4.98. The number of carbonyl (C=O) groups excluding carboxylic acids is 1. The highest BCUT2D eigenvalue weighted by atomic mass is 32.1. The van der Waals surface area contributed by atoms with Crippen LogP contribution in [0, 0.1) is 5.92 Å². The van der Waals surface area contributed by atoms with Crippen LogP contribution in [0.4, 0.5) is 5.69 Å². The van der Waals surface area contributed by atoms with Crippen LogP contribution in [0.25, 0.3) is 10.3 Å². The molecule has 0 spiro atoms. The van der Waals surface area contributed by atoms with Crippen molar-refractivity contribution in [3.05, 3.63) is 17.8 Å². The highest BCUT2D eigenvalue weighted by molar-refractivity contribution is 7.17. The molecule has 1 N–H and O–H groups in total. The molecule has 4 heterocycles. The summed E-state index contributed by atoms with van der Waals surface area (Å²) >= 11 is 1.52. The Morgan fingerprint density at radius 2 is 2.25 bits per heavy atom. The number of hydrogen-bond donors (Lipinski definition) is 1. The first-order valence-corrected chi connectivity index (χ1v) is 7.83. The van der Waals surface area contributed by atoms with Gasteiger partial charge in [-0.2, -0.15) is 0 Å². The molecular weight excluding hydrogens is 272 g/mol. The van der Waals surface area contributed by atoms with Gasteiger partial charge in [-0.15, -0.1) is 11.3 Å². The van der Waals surface area contributed by atoms with E-state index in [9.17, 15) is 4.79 Å². The largest absolute Gasteiger partial charge is 0.323 e. The van der Waals surface area contributed by atoms with Gasteiger partial charge in [0.2, 0.25) is 5.91 Å². The molecule has 4 rings (SSSR count). The molecule has 0 unspecified atom stereocenters. The molecule has 20 heavy (non-hydrogen) atoms. The Labute approximate surface area is 121 Å². The van der Waals surface area contributed by atoms with Gasteiger partial charge >= 0.3 is 0 Å². The summed E-state index contributed by atoms with van der Waals surface area (Å²) in [7, 11) is 2.14. The minimum Gasteiger partial charge on any atom is -0.323 e. The molecule has 0 radical (unpaired) electrons. The molecule has 104 valence electrons. The lowest BCUT2D eigenvalue weighted by molar-refractivity contribution is -0.120. The van der Waals surface area contributed by atoms with Gasteiger partial charge in [-0.1, -0.05) is 0 Å². The molecule has 1 amide bonds. The van der Waals surface area contributed by atoms with Gasteiger partial charge in [0.25, 0.3) is 0 Å². The third-order valence-corrected chi connectivity index (χ3v) is 5.56. The second-order valence-corrected chi connectivity index (χ2v) is 6.51. The molecule has 0 saturated carbocycles. The zero-order chi connectivity index (χ0) is 13.7. The van der Waals surface area contributed by atoms with E-state index in [1.54, 1.807) is 12.4 Å². The van der Waals surface area contributed by atoms with Crippen molar-refractivity contribution in [1.29, 1.82) is 0 Å². The molecule has 5 nitrogen and oxygen atoms in total. The van der Waals surface area contributed by atoms with E-state index in [1.807, 2.05) is 5.38 Å². The fourth-order valence-corrected chi connectivity index (χ4v) is 4.42. The van der Waals surface area contributed by atoms with Crippen molar-refractivity contribution in [2.24, 2.45) is 5.92 Å². The number of anilines is 1. The molecule has 3 atom stereocenters. The third-order valence-electron chi connectivity index (χ3n) is 4.69. The number of carbonyl (C=O) groups is 1. The normalized spacial score (nSPS) is 29.1. The number of thiophene rings is 1. The van der Waals surface area contributed by atoms with Gasteiger partial charge in [-0.3, -0.25) is 9.69 Å². The number of aromatic nitrogens is 2. The Bertz CT molecular complexity index is 670. The number of nitrogens with one attached hydrogen (secondary N) is 1. The maximum absolute atomic E-state index is 12.5. The molecule has 2 fully saturated rings. The average Bonchev–Trinajstić information content (AvgIpc) is 3.13. The van der Waals surface area contributed by atoms with Crippen LogP contribution in [-0.2, 0) is 4.79 Å². The number of fused-ring (bicyclic) bond motifs is 3. The highest BCUT2D eigenvalue weighted by Crippen LogP contribution is 2.41. The van der Waals surface area contributed by atoms with Crippen molar-refractivity contribution in [1.82, 2.24) is 14.9 Å². The van der Waals surface area contributed by atoms with E-state index in [2.05, 4.69) is 27.2 Å². The van der Waals surface area contributed by atoms with Crippen LogP contribution in [0.3, 0.4) is 0 Å². The first kappa shape index (κ1) is 12.2. The molecule has 2 aliphatic rings. The van der Waals surface area contributed by atoms with Gasteiger partial charge in [0, 0.05) is 29.9 Å². The summed E-state index contributed by atoms with van der Waals surface area (Å²) < 4.78 is 0. The number of nitrogens with zero attached hydrogens (tertiary/aromatic N) is 3. The summed E-state index contributed by atoms with van der Waals surface area (Å²) in [5.74, 6) is 0.250. The predicted octanol–water partition coefficient (Wildman–Crippen LogP) is 2.11. The lowest BCUT2D eigenvalue weighted by Crippen LogP contribution is -2.33. The molecular formula is C14H16N4OS. The van der Waals surface area contributed by atoms with Gasteiger partial charge in [-0.05, 0) is 26.3 Å². The van der Waals surface area contributed by atoms with Crippen LogP contribution in [0.2, 0.25) is 0 Å². The van der Waals surface area contributed by atoms with Crippen LogP contribution >= 0.6 is 11.3 Å². The molecule has 2 saturated heterocycles.